The van der Waals surface area contributed by atoms with Gasteiger partial charge in [-0.25, -0.2) is 13.1 Å². The standard InChI is InChI=1S/C14H22N2O2S/c1-3-15-10-12-4-6-14(7-5-12)19(17,18)16-13-8-11(2)9-13/h4-7,11,13,15-16H,3,8-10H2,1-2H3. The van der Waals surface area contributed by atoms with Crippen LogP contribution < -0.4 is 10.0 Å². The third-order valence-electron chi connectivity index (χ3n) is 3.51. The van der Waals surface area contributed by atoms with Crippen molar-refractivity contribution in [2.75, 3.05) is 6.54 Å². The monoisotopic (exact) mass is 282 g/mol. The number of hydrogen-bond acceptors (Lipinski definition) is 3. The van der Waals surface area contributed by atoms with E-state index >= 15 is 0 Å². The Morgan fingerprint density at radius 1 is 1.21 bits per heavy atom. The van der Waals surface area contributed by atoms with Gasteiger partial charge in [-0.1, -0.05) is 26.0 Å². The Morgan fingerprint density at radius 3 is 2.37 bits per heavy atom. The summed E-state index contributed by atoms with van der Waals surface area (Å²) in [5, 5.41) is 3.21. The van der Waals surface area contributed by atoms with Crippen LogP contribution in [0.1, 0.15) is 32.3 Å². The number of nitrogens with one attached hydrogen (secondary N) is 2. The van der Waals surface area contributed by atoms with Crippen LogP contribution in [0.5, 0.6) is 0 Å². The Balaban J connectivity index is 1.99. The SMILES string of the molecule is CCNCc1ccc(S(=O)(=O)NC2CC(C)C2)cc1. The van der Waals surface area contributed by atoms with Crippen LogP contribution in [0.3, 0.4) is 0 Å². The molecule has 0 aromatic heterocycles. The average Bonchev–Trinajstić information content (AvgIpc) is 2.35. The second kappa shape index (κ2) is 6.03. The normalized spacial score (nSPS) is 23.1. The molecule has 2 rings (SSSR count). The lowest BCUT2D eigenvalue weighted by atomic mass is 9.83. The highest BCUT2D eigenvalue weighted by molar-refractivity contribution is 7.89. The molecule has 0 heterocycles. The van der Waals surface area contributed by atoms with Gasteiger partial charge in [0.05, 0.1) is 4.90 Å². The van der Waals surface area contributed by atoms with E-state index in [1.54, 1.807) is 12.1 Å². The van der Waals surface area contributed by atoms with Gasteiger partial charge in [-0.3, -0.25) is 0 Å². The van der Waals surface area contributed by atoms with Gasteiger partial charge in [0, 0.05) is 12.6 Å². The Bertz CT molecular complexity index is 505. The van der Waals surface area contributed by atoms with Gasteiger partial charge < -0.3 is 5.32 Å². The highest BCUT2D eigenvalue weighted by atomic mass is 32.2. The molecule has 1 fully saturated rings. The predicted molar refractivity (Wildman–Crippen MR) is 76.3 cm³/mol. The molecule has 0 saturated heterocycles. The molecule has 1 aromatic rings. The third-order valence-corrected chi connectivity index (χ3v) is 5.04. The van der Waals surface area contributed by atoms with Crippen LogP contribution in [-0.2, 0) is 16.6 Å². The number of hydrogen-bond donors (Lipinski definition) is 2. The summed E-state index contributed by atoms with van der Waals surface area (Å²) in [6, 6.07) is 7.19. The first-order valence-electron chi connectivity index (χ1n) is 6.83. The van der Waals surface area contributed by atoms with Crippen molar-refractivity contribution in [3.8, 4) is 0 Å². The van der Waals surface area contributed by atoms with Crippen molar-refractivity contribution in [2.24, 2.45) is 5.92 Å². The van der Waals surface area contributed by atoms with E-state index in [1.807, 2.05) is 19.1 Å². The largest absolute Gasteiger partial charge is 0.313 e. The highest BCUT2D eigenvalue weighted by Crippen LogP contribution is 2.27. The van der Waals surface area contributed by atoms with E-state index in [9.17, 15) is 8.42 Å². The maximum Gasteiger partial charge on any atom is 0.240 e. The lowest BCUT2D eigenvalue weighted by Crippen LogP contribution is -2.43. The first-order chi connectivity index (χ1) is 9.01. The maximum absolute atomic E-state index is 12.1. The lowest BCUT2D eigenvalue weighted by Gasteiger charge is -2.32. The molecule has 0 bridgehead atoms. The minimum Gasteiger partial charge on any atom is -0.313 e. The Labute approximate surface area is 115 Å². The zero-order valence-corrected chi connectivity index (χ0v) is 12.3. The average molecular weight is 282 g/mol. The van der Waals surface area contributed by atoms with Crippen molar-refractivity contribution in [2.45, 2.75) is 44.2 Å². The Kier molecular flexibility index (Phi) is 4.60. The van der Waals surface area contributed by atoms with E-state index in [0.29, 0.717) is 10.8 Å². The van der Waals surface area contributed by atoms with Gasteiger partial charge in [-0.15, -0.1) is 0 Å². The van der Waals surface area contributed by atoms with E-state index in [2.05, 4.69) is 17.0 Å². The van der Waals surface area contributed by atoms with Crippen molar-refractivity contribution >= 4 is 10.0 Å². The molecule has 0 atom stereocenters. The van der Waals surface area contributed by atoms with E-state index in [4.69, 9.17) is 0 Å². The third kappa shape index (κ3) is 3.78. The molecule has 19 heavy (non-hydrogen) atoms. The molecule has 0 amide bonds. The second-order valence-corrected chi connectivity index (χ2v) is 7.03. The minimum absolute atomic E-state index is 0.112. The fourth-order valence-electron chi connectivity index (χ4n) is 2.34. The smallest absolute Gasteiger partial charge is 0.240 e. The molecule has 2 N–H and O–H groups in total. The molecule has 1 aliphatic rings. The summed E-state index contributed by atoms with van der Waals surface area (Å²) >= 11 is 0. The highest BCUT2D eigenvalue weighted by Gasteiger charge is 2.29. The molecular weight excluding hydrogens is 260 g/mol. The summed E-state index contributed by atoms with van der Waals surface area (Å²) in [5.74, 6) is 0.634. The van der Waals surface area contributed by atoms with E-state index in [0.717, 1.165) is 31.5 Å². The summed E-state index contributed by atoms with van der Waals surface area (Å²) in [4.78, 5) is 0.354. The summed E-state index contributed by atoms with van der Waals surface area (Å²) in [7, 11) is -3.35. The van der Waals surface area contributed by atoms with Crippen molar-refractivity contribution in [1.29, 1.82) is 0 Å². The maximum atomic E-state index is 12.1. The minimum atomic E-state index is -3.35. The van der Waals surface area contributed by atoms with Crippen molar-refractivity contribution in [3.63, 3.8) is 0 Å². The van der Waals surface area contributed by atoms with Crippen LogP contribution in [-0.4, -0.2) is 21.0 Å². The second-order valence-electron chi connectivity index (χ2n) is 5.32. The molecule has 0 radical (unpaired) electrons. The zero-order valence-electron chi connectivity index (χ0n) is 11.5. The number of rotatable bonds is 6. The Morgan fingerprint density at radius 2 is 1.84 bits per heavy atom. The molecular formula is C14H22N2O2S. The molecule has 0 aliphatic heterocycles. The summed E-state index contributed by atoms with van der Waals surface area (Å²) < 4.78 is 27.0. The van der Waals surface area contributed by atoms with Gasteiger partial charge >= 0.3 is 0 Å². The number of benzene rings is 1. The Hall–Kier alpha value is -0.910. The first kappa shape index (κ1) is 14.5. The van der Waals surface area contributed by atoms with Crippen LogP contribution in [0.4, 0.5) is 0 Å². The molecule has 1 saturated carbocycles. The molecule has 1 aromatic carbocycles. The van der Waals surface area contributed by atoms with Crippen molar-refractivity contribution < 1.29 is 8.42 Å². The van der Waals surface area contributed by atoms with Gasteiger partial charge in [0.25, 0.3) is 0 Å². The van der Waals surface area contributed by atoms with Crippen LogP contribution in [0.2, 0.25) is 0 Å². The van der Waals surface area contributed by atoms with E-state index in [-0.39, 0.29) is 6.04 Å². The quantitative estimate of drug-likeness (QED) is 0.837. The van der Waals surface area contributed by atoms with Gasteiger partial charge in [-0.2, -0.15) is 0 Å². The summed E-state index contributed by atoms with van der Waals surface area (Å²) in [5.41, 5.74) is 1.10. The van der Waals surface area contributed by atoms with Crippen LogP contribution in [0, 0.1) is 5.92 Å². The summed E-state index contributed by atoms with van der Waals surface area (Å²) in [6.45, 7) is 5.86. The van der Waals surface area contributed by atoms with E-state index < -0.39 is 10.0 Å². The molecule has 0 unspecified atom stereocenters. The van der Waals surface area contributed by atoms with E-state index in [1.165, 1.54) is 0 Å². The van der Waals surface area contributed by atoms with Crippen molar-refractivity contribution in [1.82, 2.24) is 10.0 Å². The zero-order chi connectivity index (χ0) is 13.9. The van der Waals surface area contributed by atoms with Gasteiger partial charge in [-0.05, 0) is 43.0 Å². The number of sulfonamides is 1. The lowest BCUT2D eigenvalue weighted by molar-refractivity contribution is 0.270. The van der Waals surface area contributed by atoms with Crippen LogP contribution in [0.25, 0.3) is 0 Å². The fourth-order valence-corrected chi connectivity index (χ4v) is 3.60. The predicted octanol–water partition coefficient (Wildman–Crippen LogP) is 1.87. The van der Waals surface area contributed by atoms with Crippen molar-refractivity contribution in [3.05, 3.63) is 29.8 Å². The molecule has 106 valence electrons. The van der Waals surface area contributed by atoms with Crippen LogP contribution in [0.15, 0.2) is 29.2 Å². The van der Waals surface area contributed by atoms with Gasteiger partial charge in [0.2, 0.25) is 10.0 Å². The molecule has 5 heteroatoms. The molecule has 1 aliphatic carbocycles. The molecule has 4 nitrogen and oxygen atoms in total. The fraction of sp³-hybridized carbons (Fsp3) is 0.571. The van der Waals surface area contributed by atoms with Crippen LogP contribution >= 0.6 is 0 Å². The van der Waals surface area contributed by atoms with Gasteiger partial charge in [0.1, 0.15) is 0 Å². The van der Waals surface area contributed by atoms with Gasteiger partial charge in [0.15, 0.2) is 0 Å². The summed E-state index contributed by atoms with van der Waals surface area (Å²) in [6.07, 6.45) is 1.88. The topological polar surface area (TPSA) is 58.2 Å². The first-order valence-corrected chi connectivity index (χ1v) is 8.31. The molecule has 0 spiro atoms.